The first-order chi connectivity index (χ1) is 7.91. The second-order valence-corrected chi connectivity index (χ2v) is 3.67. The predicted molar refractivity (Wildman–Crippen MR) is 56.2 cm³/mol. The Labute approximate surface area is 95.3 Å². The number of fused-ring (bicyclic) bond motifs is 1. The zero-order valence-corrected chi connectivity index (χ0v) is 8.84. The van der Waals surface area contributed by atoms with Gasteiger partial charge >= 0.3 is 6.18 Å². The highest BCUT2D eigenvalue weighted by molar-refractivity contribution is 5.83. The van der Waals surface area contributed by atoms with Gasteiger partial charge in [0.25, 0.3) is 0 Å². The first-order valence-electron chi connectivity index (χ1n) is 4.80. The fourth-order valence-corrected chi connectivity index (χ4v) is 1.64. The lowest BCUT2D eigenvalue weighted by molar-refractivity contribution is -0.137. The number of alkyl halides is 3. The first kappa shape index (κ1) is 11.4. The molecular weight excluding hydrogens is 229 g/mol. The summed E-state index contributed by atoms with van der Waals surface area (Å²) in [6.45, 7) is 1.73. The molecule has 1 aromatic heterocycles. The fourth-order valence-electron chi connectivity index (χ4n) is 1.64. The van der Waals surface area contributed by atoms with Crippen molar-refractivity contribution in [1.29, 1.82) is 5.26 Å². The molecule has 2 aromatic rings. The van der Waals surface area contributed by atoms with Gasteiger partial charge in [-0.1, -0.05) is 6.07 Å². The van der Waals surface area contributed by atoms with Gasteiger partial charge in [0.2, 0.25) is 0 Å². The number of aryl methyl sites for hydroxylation is 1. The van der Waals surface area contributed by atoms with Gasteiger partial charge in [0.15, 0.2) is 0 Å². The van der Waals surface area contributed by atoms with Crippen molar-refractivity contribution < 1.29 is 13.2 Å². The van der Waals surface area contributed by atoms with Crippen molar-refractivity contribution in [2.45, 2.75) is 13.1 Å². The van der Waals surface area contributed by atoms with E-state index in [2.05, 4.69) is 4.98 Å². The smallest absolute Gasteiger partial charge is 0.237 e. The van der Waals surface area contributed by atoms with Gasteiger partial charge in [-0.25, -0.2) is 4.98 Å². The minimum atomic E-state index is -4.40. The van der Waals surface area contributed by atoms with Crippen LogP contribution in [0.15, 0.2) is 24.3 Å². The van der Waals surface area contributed by atoms with E-state index in [-0.39, 0.29) is 11.2 Å². The van der Waals surface area contributed by atoms with Crippen LogP contribution in [-0.2, 0) is 6.18 Å². The van der Waals surface area contributed by atoms with Crippen LogP contribution >= 0.6 is 0 Å². The van der Waals surface area contributed by atoms with E-state index in [0.717, 1.165) is 17.7 Å². The number of benzene rings is 1. The number of nitrogens with zero attached hydrogens (tertiary/aromatic N) is 2. The lowest BCUT2D eigenvalue weighted by atomic mass is 10.1. The Balaban J connectivity index is 2.73. The SMILES string of the molecule is Cc1cc(C#N)nc2cc(C(F)(F)F)ccc12. The van der Waals surface area contributed by atoms with Crippen LogP contribution in [-0.4, -0.2) is 4.98 Å². The molecule has 0 spiro atoms. The van der Waals surface area contributed by atoms with Gasteiger partial charge in [-0.2, -0.15) is 18.4 Å². The average Bonchev–Trinajstić information content (AvgIpc) is 2.27. The third-order valence-corrected chi connectivity index (χ3v) is 2.46. The summed E-state index contributed by atoms with van der Waals surface area (Å²) < 4.78 is 37.5. The van der Waals surface area contributed by atoms with Crippen LogP contribution in [0.2, 0.25) is 0 Å². The Bertz CT molecular complexity index is 624. The number of hydrogen-bond donors (Lipinski definition) is 0. The van der Waals surface area contributed by atoms with Gasteiger partial charge in [-0.3, -0.25) is 0 Å². The normalized spacial score (nSPS) is 11.5. The molecule has 1 heterocycles. The third kappa shape index (κ3) is 2.07. The molecule has 0 N–H and O–H groups in total. The summed E-state index contributed by atoms with van der Waals surface area (Å²) in [5, 5.41) is 9.34. The monoisotopic (exact) mass is 236 g/mol. The fraction of sp³-hybridized carbons (Fsp3) is 0.167. The quantitative estimate of drug-likeness (QED) is 0.702. The van der Waals surface area contributed by atoms with Gasteiger partial charge in [-0.05, 0) is 30.7 Å². The van der Waals surface area contributed by atoms with Gasteiger partial charge in [0, 0.05) is 5.39 Å². The van der Waals surface area contributed by atoms with E-state index in [4.69, 9.17) is 5.26 Å². The van der Waals surface area contributed by atoms with Crippen molar-refractivity contribution in [3.05, 3.63) is 41.1 Å². The summed E-state index contributed by atoms with van der Waals surface area (Å²) >= 11 is 0. The molecule has 5 heteroatoms. The highest BCUT2D eigenvalue weighted by atomic mass is 19.4. The number of pyridine rings is 1. The molecule has 0 radical (unpaired) electrons. The Kier molecular flexibility index (Phi) is 2.50. The summed E-state index contributed by atoms with van der Waals surface area (Å²) in [6.07, 6.45) is -4.40. The molecule has 0 saturated carbocycles. The van der Waals surface area contributed by atoms with E-state index in [9.17, 15) is 13.2 Å². The van der Waals surface area contributed by atoms with Crippen LogP contribution in [0.25, 0.3) is 10.9 Å². The number of halogens is 3. The Morgan fingerprint density at radius 3 is 2.53 bits per heavy atom. The largest absolute Gasteiger partial charge is 0.416 e. The van der Waals surface area contributed by atoms with E-state index in [1.807, 2.05) is 6.07 Å². The van der Waals surface area contributed by atoms with Crippen LogP contribution < -0.4 is 0 Å². The molecule has 0 aliphatic rings. The van der Waals surface area contributed by atoms with Crippen LogP contribution in [0.4, 0.5) is 13.2 Å². The van der Waals surface area contributed by atoms with Crippen molar-refractivity contribution in [3.63, 3.8) is 0 Å². The third-order valence-electron chi connectivity index (χ3n) is 2.46. The molecule has 2 rings (SSSR count). The zero-order chi connectivity index (χ0) is 12.6. The first-order valence-corrected chi connectivity index (χ1v) is 4.80. The second-order valence-electron chi connectivity index (χ2n) is 3.67. The highest BCUT2D eigenvalue weighted by Crippen LogP contribution is 2.31. The summed E-state index contributed by atoms with van der Waals surface area (Å²) in [5.41, 5.74) is 0.290. The van der Waals surface area contributed by atoms with E-state index in [1.165, 1.54) is 6.07 Å². The Morgan fingerprint density at radius 2 is 1.94 bits per heavy atom. The maximum Gasteiger partial charge on any atom is 0.416 e. The van der Waals surface area contributed by atoms with Crippen molar-refractivity contribution in [2.75, 3.05) is 0 Å². The van der Waals surface area contributed by atoms with Crippen molar-refractivity contribution >= 4 is 10.9 Å². The molecule has 86 valence electrons. The van der Waals surface area contributed by atoms with Crippen molar-refractivity contribution in [2.24, 2.45) is 0 Å². The van der Waals surface area contributed by atoms with Gasteiger partial charge in [0.05, 0.1) is 11.1 Å². The highest BCUT2D eigenvalue weighted by Gasteiger charge is 2.30. The van der Waals surface area contributed by atoms with Crippen LogP contribution in [0.1, 0.15) is 16.8 Å². The van der Waals surface area contributed by atoms with Crippen LogP contribution in [0.5, 0.6) is 0 Å². The van der Waals surface area contributed by atoms with Crippen molar-refractivity contribution in [3.8, 4) is 6.07 Å². The van der Waals surface area contributed by atoms with Crippen molar-refractivity contribution in [1.82, 2.24) is 4.98 Å². The summed E-state index contributed by atoms with van der Waals surface area (Å²) in [6, 6.07) is 6.73. The van der Waals surface area contributed by atoms with E-state index < -0.39 is 11.7 Å². The summed E-state index contributed by atoms with van der Waals surface area (Å²) in [7, 11) is 0. The predicted octanol–water partition coefficient (Wildman–Crippen LogP) is 3.43. The number of hydrogen-bond acceptors (Lipinski definition) is 2. The molecule has 1 aromatic carbocycles. The molecule has 0 amide bonds. The van der Waals surface area contributed by atoms with Crippen LogP contribution in [0, 0.1) is 18.3 Å². The van der Waals surface area contributed by atoms with Gasteiger partial charge in [0.1, 0.15) is 11.8 Å². The van der Waals surface area contributed by atoms with Crippen LogP contribution in [0.3, 0.4) is 0 Å². The minimum absolute atomic E-state index is 0.120. The number of rotatable bonds is 0. The Hall–Kier alpha value is -2.09. The number of aromatic nitrogens is 1. The second kappa shape index (κ2) is 3.74. The standard InChI is InChI=1S/C12H7F3N2/c1-7-4-9(6-16)17-11-5-8(12(13,14)15)2-3-10(7)11/h2-5H,1H3. The lowest BCUT2D eigenvalue weighted by Gasteiger charge is -2.08. The topological polar surface area (TPSA) is 36.7 Å². The molecule has 0 saturated heterocycles. The van der Waals surface area contributed by atoms with Gasteiger partial charge in [-0.15, -0.1) is 0 Å². The van der Waals surface area contributed by atoms with E-state index >= 15 is 0 Å². The van der Waals surface area contributed by atoms with Gasteiger partial charge < -0.3 is 0 Å². The molecule has 0 bridgehead atoms. The molecule has 0 unspecified atom stereocenters. The van der Waals surface area contributed by atoms with E-state index in [0.29, 0.717) is 5.39 Å². The molecule has 17 heavy (non-hydrogen) atoms. The zero-order valence-electron chi connectivity index (χ0n) is 8.84. The molecule has 2 nitrogen and oxygen atoms in total. The average molecular weight is 236 g/mol. The molecule has 0 fully saturated rings. The minimum Gasteiger partial charge on any atom is -0.237 e. The summed E-state index contributed by atoms with van der Waals surface area (Å²) in [5.74, 6) is 0. The maximum atomic E-state index is 12.5. The molecule has 0 atom stereocenters. The maximum absolute atomic E-state index is 12.5. The molecule has 0 aliphatic heterocycles. The molecule has 0 aliphatic carbocycles. The Morgan fingerprint density at radius 1 is 1.24 bits per heavy atom. The lowest BCUT2D eigenvalue weighted by Crippen LogP contribution is -2.04. The number of nitriles is 1. The van der Waals surface area contributed by atoms with E-state index in [1.54, 1.807) is 13.0 Å². The molecular formula is C12H7F3N2. The summed E-state index contributed by atoms with van der Waals surface area (Å²) in [4.78, 5) is 3.87.